The number of rotatable bonds is 6. The third-order valence-corrected chi connectivity index (χ3v) is 4.90. The number of benzene rings is 3. The molecule has 3 aromatic rings. The summed E-state index contributed by atoms with van der Waals surface area (Å²) in [6.45, 7) is 0. The van der Waals surface area contributed by atoms with E-state index in [1.54, 1.807) is 0 Å². The van der Waals surface area contributed by atoms with Crippen molar-refractivity contribution in [2.45, 2.75) is 12.8 Å². The molecule has 0 saturated carbocycles. The summed E-state index contributed by atoms with van der Waals surface area (Å²) in [4.78, 5) is 0. The Labute approximate surface area is 187 Å². The van der Waals surface area contributed by atoms with Gasteiger partial charge in [0.1, 0.15) is 0 Å². The Morgan fingerprint density at radius 2 is 0.875 bits per heavy atom. The summed E-state index contributed by atoms with van der Waals surface area (Å²) in [5.41, 5.74) is 6.24. The molecule has 0 atom stereocenters. The van der Waals surface area contributed by atoms with E-state index in [0.717, 1.165) is 33.4 Å². The van der Waals surface area contributed by atoms with E-state index in [1.807, 2.05) is 84.9 Å². The average molecular weight is 410 g/mol. The van der Waals surface area contributed by atoms with E-state index < -0.39 is 0 Å². The molecule has 3 aromatic carbocycles. The minimum Gasteiger partial charge on any atom is -0.198 e. The van der Waals surface area contributed by atoms with Crippen molar-refractivity contribution in [3.63, 3.8) is 0 Å². The Morgan fingerprint density at radius 3 is 1.16 bits per heavy atom. The largest absolute Gasteiger partial charge is 0.198 e. The highest BCUT2D eigenvalue weighted by molar-refractivity contribution is 5.91. The fourth-order valence-corrected chi connectivity index (χ4v) is 3.17. The number of allylic oxidation sites excluding steroid dienone is 2. The van der Waals surface area contributed by atoms with E-state index in [2.05, 4.69) is 24.3 Å². The van der Waals surface area contributed by atoms with Crippen LogP contribution in [0.2, 0.25) is 0 Å². The lowest BCUT2D eigenvalue weighted by atomic mass is 9.99. The second-order valence-corrected chi connectivity index (χ2v) is 7.07. The molecule has 0 N–H and O–H groups in total. The molecule has 0 amide bonds. The van der Waals surface area contributed by atoms with Gasteiger partial charge in [0, 0.05) is 0 Å². The Balaban J connectivity index is 1.81. The smallest absolute Gasteiger partial charge is 0.0998 e. The number of nitrogens with zero attached hydrogens (tertiary/aromatic N) is 4. The van der Waals surface area contributed by atoms with Crippen molar-refractivity contribution in [1.82, 2.24) is 0 Å². The number of hydrogen-bond acceptors (Lipinski definition) is 4. The minimum absolute atomic E-state index is 0.343. The SMILES string of the molecule is N#CCc1ccc(/C(C#N)=C/c2ccc(/C=C(/C#N)c3ccc(CC#N)cc3)cc2)cc1. The number of nitriles is 4. The molecular formula is C28H18N4. The molecule has 0 bridgehead atoms. The first-order chi connectivity index (χ1) is 15.7. The standard InChI is InChI=1S/C28H18N4/c29-15-13-21-5-9-25(10-6-21)27(19-31)17-23-1-2-24(4-3-23)18-28(20-32)26-11-7-22(8-12-26)14-16-30/h1-12,17-18H,13-14H2/b27-17-,28-18+. The first-order valence-corrected chi connectivity index (χ1v) is 9.93. The summed E-state index contributed by atoms with van der Waals surface area (Å²) >= 11 is 0. The van der Waals surface area contributed by atoms with Gasteiger partial charge in [-0.2, -0.15) is 21.0 Å². The van der Waals surface area contributed by atoms with E-state index in [0.29, 0.717) is 24.0 Å². The Morgan fingerprint density at radius 1 is 0.531 bits per heavy atom. The van der Waals surface area contributed by atoms with Gasteiger partial charge >= 0.3 is 0 Å². The maximum Gasteiger partial charge on any atom is 0.0998 e. The van der Waals surface area contributed by atoms with Crippen LogP contribution in [0.4, 0.5) is 0 Å². The summed E-state index contributed by atoms with van der Waals surface area (Å²) < 4.78 is 0. The van der Waals surface area contributed by atoms with Crippen molar-refractivity contribution in [1.29, 1.82) is 21.0 Å². The third kappa shape index (κ3) is 5.58. The van der Waals surface area contributed by atoms with Crippen molar-refractivity contribution in [3.05, 3.63) is 106 Å². The molecule has 0 unspecified atom stereocenters. The van der Waals surface area contributed by atoms with Crippen LogP contribution in [0.15, 0.2) is 72.8 Å². The Kier molecular flexibility index (Phi) is 7.33. The lowest BCUT2D eigenvalue weighted by Gasteiger charge is -2.03. The molecule has 0 fully saturated rings. The second kappa shape index (κ2) is 10.8. The molecule has 150 valence electrons. The van der Waals surface area contributed by atoms with E-state index in [1.165, 1.54) is 0 Å². The first-order valence-electron chi connectivity index (χ1n) is 9.93. The average Bonchev–Trinajstić information content (AvgIpc) is 2.83. The third-order valence-electron chi connectivity index (χ3n) is 4.90. The second-order valence-electron chi connectivity index (χ2n) is 7.07. The molecule has 0 spiro atoms. The minimum atomic E-state index is 0.343. The molecule has 32 heavy (non-hydrogen) atoms. The van der Waals surface area contributed by atoms with E-state index >= 15 is 0 Å². The van der Waals surface area contributed by atoms with Gasteiger partial charge in [-0.1, -0.05) is 72.8 Å². The first kappa shape index (κ1) is 21.8. The van der Waals surface area contributed by atoms with Crippen LogP contribution in [-0.4, -0.2) is 0 Å². The quantitative estimate of drug-likeness (QED) is 0.371. The zero-order valence-corrected chi connectivity index (χ0v) is 17.3. The lowest BCUT2D eigenvalue weighted by molar-refractivity contribution is 1.26. The molecular weight excluding hydrogens is 392 g/mol. The highest BCUT2D eigenvalue weighted by Gasteiger charge is 2.04. The van der Waals surface area contributed by atoms with Crippen LogP contribution in [0.3, 0.4) is 0 Å². The van der Waals surface area contributed by atoms with Gasteiger partial charge in [0.25, 0.3) is 0 Å². The van der Waals surface area contributed by atoms with Crippen molar-refractivity contribution >= 4 is 23.3 Å². The van der Waals surface area contributed by atoms with Crippen LogP contribution < -0.4 is 0 Å². The van der Waals surface area contributed by atoms with Crippen LogP contribution in [0, 0.1) is 45.3 Å². The molecule has 0 aliphatic heterocycles. The summed E-state index contributed by atoms with van der Waals surface area (Å²) in [6.07, 6.45) is 4.31. The van der Waals surface area contributed by atoms with Gasteiger partial charge in [-0.25, -0.2) is 0 Å². The van der Waals surface area contributed by atoms with Gasteiger partial charge in [-0.3, -0.25) is 0 Å². The van der Waals surface area contributed by atoms with Gasteiger partial charge in [-0.15, -0.1) is 0 Å². The van der Waals surface area contributed by atoms with Gasteiger partial charge in [0.05, 0.1) is 48.3 Å². The Bertz CT molecular complexity index is 1210. The molecule has 0 aliphatic carbocycles. The molecule has 0 aromatic heterocycles. The summed E-state index contributed by atoms with van der Waals surface area (Å²) in [7, 11) is 0. The van der Waals surface area contributed by atoms with Gasteiger partial charge in [0.15, 0.2) is 0 Å². The van der Waals surface area contributed by atoms with Crippen molar-refractivity contribution in [2.75, 3.05) is 0 Å². The fourth-order valence-electron chi connectivity index (χ4n) is 3.17. The number of hydrogen-bond donors (Lipinski definition) is 0. The molecule has 0 saturated heterocycles. The molecule has 0 aliphatic rings. The summed E-state index contributed by atoms with van der Waals surface area (Å²) in [5.74, 6) is 0. The predicted octanol–water partition coefficient (Wildman–Crippen LogP) is 5.95. The van der Waals surface area contributed by atoms with Crippen LogP contribution in [0.25, 0.3) is 23.3 Å². The zero-order valence-electron chi connectivity index (χ0n) is 17.3. The molecule has 0 radical (unpaired) electrons. The maximum absolute atomic E-state index is 9.56. The zero-order chi connectivity index (χ0) is 22.8. The monoisotopic (exact) mass is 410 g/mol. The molecule has 0 heterocycles. The van der Waals surface area contributed by atoms with E-state index in [-0.39, 0.29) is 0 Å². The molecule has 4 nitrogen and oxygen atoms in total. The van der Waals surface area contributed by atoms with Crippen LogP contribution in [0.5, 0.6) is 0 Å². The highest BCUT2D eigenvalue weighted by Crippen LogP contribution is 2.21. The molecule has 4 heteroatoms. The Hall–Kier alpha value is -4.90. The van der Waals surface area contributed by atoms with Gasteiger partial charge in [0.2, 0.25) is 0 Å². The van der Waals surface area contributed by atoms with Gasteiger partial charge in [-0.05, 0) is 45.5 Å². The highest BCUT2D eigenvalue weighted by atomic mass is 14.3. The summed E-state index contributed by atoms with van der Waals surface area (Å²) in [6, 6.07) is 31.1. The van der Waals surface area contributed by atoms with Crippen LogP contribution in [0.1, 0.15) is 33.4 Å². The van der Waals surface area contributed by atoms with Crippen molar-refractivity contribution in [2.24, 2.45) is 0 Å². The maximum atomic E-state index is 9.56. The lowest BCUT2D eigenvalue weighted by Crippen LogP contribution is -1.86. The van der Waals surface area contributed by atoms with Crippen LogP contribution >= 0.6 is 0 Å². The summed E-state index contributed by atoms with van der Waals surface area (Å²) in [5, 5.41) is 36.7. The topological polar surface area (TPSA) is 95.2 Å². The van der Waals surface area contributed by atoms with Crippen molar-refractivity contribution < 1.29 is 0 Å². The fraction of sp³-hybridized carbons (Fsp3) is 0.0714. The van der Waals surface area contributed by atoms with Crippen LogP contribution in [-0.2, 0) is 12.8 Å². The predicted molar refractivity (Wildman–Crippen MR) is 125 cm³/mol. The van der Waals surface area contributed by atoms with E-state index in [4.69, 9.17) is 10.5 Å². The normalized spacial score (nSPS) is 11.0. The molecule has 3 rings (SSSR count). The van der Waals surface area contributed by atoms with E-state index in [9.17, 15) is 10.5 Å². The van der Waals surface area contributed by atoms with Crippen molar-refractivity contribution in [3.8, 4) is 24.3 Å². The van der Waals surface area contributed by atoms with Gasteiger partial charge < -0.3 is 0 Å².